The third-order valence-corrected chi connectivity index (χ3v) is 5.18. The molecule has 2 aromatic carbocycles. The van der Waals surface area contributed by atoms with Crippen molar-refractivity contribution in [2.45, 2.75) is 18.9 Å². The maximum Gasteiger partial charge on any atom is 0.307 e. The number of carbonyl (C=O) groups is 2. The highest BCUT2D eigenvalue weighted by molar-refractivity contribution is 7.08. The van der Waals surface area contributed by atoms with Crippen LogP contribution in [0.2, 0.25) is 0 Å². The molecule has 0 saturated carbocycles. The zero-order valence-electron chi connectivity index (χ0n) is 16.7. The first-order valence-corrected chi connectivity index (χ1v) is 10.7. The molecule has 0 aliphatic rings. The van der Waals surface area contributed by atoms with Gasteiger partial charge >= 0.3 is 5.97 Å². The average molecular weight is 451 g/mol. The normalized spacial score (nSPS) is 11.7. The highest BCUT2D eigenvalue weighted by Crippen LogP contribution is 2.22. The van der Waals surface area contributed by atoms with Gasteiger partial charge in [0.2, 0.25) is 17.8 Å². The molecule has 2 heterocycles. The number of ether oxygens (including phenoxy) is 1. The number of halogens is 1. The number of hydrogen-bond acceptors (Lipinski definition) is 7. The number of anilines is 1. The van der Waals surface area contributed by atoms with Crippen LogP contribution in [0.4, 0.5) is 10.1 Å². The largest absolute Gasteiger partial charge is 0.447 e. The van der Waals surface area contributed by atoms with Crippen LogP contribution in [0.3, 0.4) is 0 Å². The maximum absolute atomic E-state index is 13.1. The summed E-state index contributed by atoms with van der Waals surface area (Å²) in [5, 5.41) is 10.3. The van der Waals surface area contributed by atoms with Crippen molar-refractivity contribution in [2.24, 2.45) is 0 Å². The summed E-state index contributed by atoms with van der Waals surface area (Å²) >= 11 is 1.52. The van der Waals surface area contributed by atoms with E-state index in [0.717, 1.165) is 5.56 Å². The van der Waals surface area contributed by atoms with Gasteiger partial charge in [-0.1, -0.05) is 35.5 Å². The summed E-state index contributed by atoms with van der Waals surface area (Å²) in [5.74, 6) is -0.806. The van der Waals surface area contributed by atoms with Crippen LogP contribution in [0.5, 0.6) is 0 Å². The number of hydrogen-bond donors (Lipinski definition) is 1. The molecule has 1 amide bonds. The van der Waals surface area contributed by atoms with Gasteiger partial charge in [0.25, 0.3) is 5.91 Å². The second-order valence-electron chi connectivity index (χ2n) is 6.80. The first kappa shape index (κ1) is 21.4. The number of carbonyl (C=O) groups excluding carboxylic acids is 2. The van der Waals surface area contributed by atoms with Crippen LogP contribution in [-0.2, 0) is 20.7 Å². The standard InChI is InChI=1S/C23H18FN3O4S/c24-17-6-8-18(9-7-17)25-23(29)21(15-4-2-1-3-5-15)30-20(28)11-10-19-26-22(27-31-19)16-12-13-32-14-16/h1-9,12-14,21H,10-11H2,(H,25,29). The molecule has 7 nitrogen and oxygen atoms in total. The summed E-state index contributed by atoms with van der Waals surface area (Å²) in [6.07, 6.45) is -1.03. The molecule has 0 fully saturated rings. The molecule has 0 radical (unpaired) electrons. The zero-order chi connectivity index (χ0) is 22.3. The Morgan fingerprint density at radius 2 is 1.88 bits per heavy atom. The first-order chi connectivity index (χ1) is 15.6. The Morgan fingerprint density at radius 1 is 1.09 bits per heavy atom. The molecular weight excluding hydrogens is 433 g/mol. The van der Waals surface area contributed by atoms with Gasteiger partial charge in [0.1, 0.15) is 5.82 Å². The number of amides is 1. The van der Waals surface area contributed by atoms with E-state index < -0.39 is 23.8 Å². The maximum atomic E-state index is 13.1. The summed E-state index contributed by atoms with van der Waals surface area (Å²) < 4.78 is 23.8. The van der Waals surface area contributed by atoms with Crippen LogP contribution in [0.15, 0.2) is 75.9 Å². The quantitative estimate of drug-likeness (QED) is 0.387. The van der Waals surface area contributed by atoms with Gasteiger partial charge in [0, 0.05) is 28.6 Å². The van der Waals surface area contributed by atoms with Crippen molar-refractivity contribution in [2.75, 3.05) is 5.32 Å². The highest BCUT2D eigenvalue weighted by atomic mass is 32.1. The third kappa shape index (κ3) is 5.44. The fourth-order valence-corrected chi connectivity index (χ4v) is 3.54. The van der Waals surface area contributed by atoms with E-state index >= 15 is 0 Å². The molecule has 0 aliphatic heterocycles. The first-order valence-electron chi connectivity index (χ1n) is 9.74. The minimum absolute atomic E-state index is 0.0432. The topological polar surface area (TPSA) is 94.3 Å². The number of benzene rings is 2. The average Bonchev–Trinajstić information content (AvgIpc) is 3.50. The molecule has 0 bridgehead atoms. The molecule has 2 aromatic heterocycles. The van der Waals surface area contributed by atoms with E-state index in [1.165, 1.54) is 35.6 Å². The molecule has 1 atom stereocenters. The van der Waals surface area contributed by atoms with Gasteiger partial charge in [0.15, 0.2) is 0 Å². The zero-order valence-corrected chi connectivity index (χ0v) is 17.5. The van der Waals surface area contributed by atoms with Gasteiger partial charge in [-0.3, -0.25) is 9.59 Å². The van der Waals surface area contributed by atoms with Crippen LogP contribution < -0.4 is 5.32 Å². The molecule has 32 heavy (non-hydrogen) atoms. The Kier molecular flexibility index (Phi) is 6.66. The van der Waals surface area contributed by atoms with Gasteiger partial charge < -0.3 is 14.6 Å². The van der Waals surface area contributed by atoms with E-state index in [2.05, 4.69) is 15.5 Å². The molecule has 4 rings (SSSR count). The van der Waals surface area contributed by atoms with Gasteiger partial charge in [-0.2, -0.15) is 16.3 Å². The summed E-state index contributed by atoms with van der Waals surface area (Å²) in [7, 11) is 0. The molecule has 9 heteroatoms. The minimum Gasteiger partial charge on any atom is -0.447 e. The smallest absolute Gasteiger partial charge is 0.307 e. The predicted octanol–water partition coefficient (Wildman–Crippen LogP) is 4.79. The Bertz CT molecular complexity index is 1180. The highest BCUT2D eigenvalue weighted by Gasteiger charge is 2.25. The van der Waals surface area contributed by atoms with E-state index in [1.807, 2.05) is 16.8 Å². The molecule has 162 valence electrons. The number of rotatable bonds is 8. The summed E-state index contributed by atoms with van der Waals surface area (Å²) in [5.41, 5.74) is 1.74. The number of nitrogens with zero attached hydrogens (tertiary/aromatic N) is 2. The van der Waals surface area contributed by atoms with E-state index in [-0.39, 0.29) is 12.8 Å². The number of aryl methyl sites for hydroxylation is 1. The van der Waals surface area contributed by atoms with Crippen molar-refractivity contribution >= 4 is 28.9 Å². The fourth-order valence-electron chi connectivity index (χ4n) is 2.91. The van der Waals surface area contributed by atoms with Gasteiger partial charge in [-0.25, -0.2) is 4.39 Å². The summed E-state index contributed by atoms with van der Waals surface area (Å²) in [6.45, 7) is 0. The van der Waals surface area contributed by atoms with E-state index in [9.17, 15) is 14.0 Å². The lowest BCUT2D eigenvalue weighted by Gasteiger charge is -2.18. The lowest BCUT2D eigenvalue weighted by atomic mass is 10.1. The lowest BCUT2D eigenvalue weighted by molar-refractivity contribution is -0.154. The van der Waals surface area contributed by atoms with Gasteiger partial charge in [-0.05, 0) is 35.7 Å². The van der Waals surface area contributed by atoms with Crippen LogP contribution in [0.25, 0.3) is 11.4 Å². The number of thiophene rings is 1. The molecular formula is C23H18FN3O4S. The Hall–Kier alpha value is -3.85. The lowest BCUT2D eigenvalue weighted by Crippen LogP contribution is -2.26. The van der Waals surface area contributed by atoms with Gasteiger partial charge in [0.05, 0.1) is 6.42 Å². The summed E-state index contributed by atoms with van der Waals surface area (Å²) in [6, 6.07) is 15.8. The predicted molar refractivity (Wildman–Crippen MR) is 116 cm³/mol. The Morgan fingerprint density at radius 3 is 2.59 bits per heavy atom. The third-order valence-electron chi connectivity index (χ3n) is 4.49. The second-order valence-corrected chi connectivity index (χ2v) is 7.58. The molecule has 0 aliphatic carbocycles. The van der Waals surface area contributed by atoms with Crippen LogP contribution in [0, 0.1) is 5.82 Å². The van der Waals surface area contributed by atoms with Crippen molar-refractivity contribution in [3.05, 3.63) is 88.7 Å². The fraction of sp³-hybridized carbons (Fsp3) is 0.130. The van der Waals surface area contributed by atoms with Crippen LogP contribution in [-0.4, -0.2) is 22.0 Å². The van der Waals surface area contributed by atoms with Crippen LogP contribution in [0.1, 0.15) is 24.0 Å². The minimum atomic E-state index is -1.17. The number of nitrogens with one attached hydrogen (secondary N) is 1. The molecule has 0 saturated heterocycles. The van der Waals surface area contributed by atoms with Gasteiger partial charge in [-0.15, -0.1) is 0 Å². The molecule has 1 N–H and O–H groups in total. The van der Waals surface area contributed by atoms with Crippen molar-refractivity contribution < 1.29 is 23.2 Å². The van der Waals surface area contributed by atoms with Crippen molar-refractivity contribution in [1.82, 2.24) is 10.1 Å². The summed E-state index contributed by atoms with van der Waals surface area (Å²) in [4.78, 5) is 29.6. The molecule has 4 aromatic rings. The van der Waals surface area contributed by atoms with E-state index in [0.29, 0.717) is 23.0 Å². The van der Waals surface area contributed by atoms with E-state index in [4.69, 9.17) is 9.26 Å². The monoisotopic (exact) mass is 451 g/mol. The Labute approximate surface area is 186 Å². The van der Waals surface area contributed by atoms with E-state index in [1.54, 1.807) is 30.3 Å². The van der Waals surface area contributed by atoms with Crippen molar-refractivity contribution in [1.29, 1.82) is 0 Å². The second kappa shape index (κ2) is 9.97. The number of aromatic nitrogens is 2. The molecule has 0 spiro atoms. The van der Waals surface area contributed by atoms with Crippen molar-refractivity contribution in [3.8, 4) is 11.4 Å². The van der Waals surface area contributed by atoms with Crippen molar-refractivity contribution in [3.63, 3.8) is 0 Å². The number of esters is 1. The van der Waals surface area contributed by atoms with Crippen LogP contribution >= 0.6 is 11.3 Å². The SMILES string of the molecule is O=C(CCc1nc(-c2ccsc2)no1)OC(C(=O)Nc1ccc(F)cc1)c1ccccc1. The Balaban J connectivity index is 1.40. The molecule has 1 unspecified atom stereocenters.